The number of ether oxygens (including phenoxy) is 1. The highest BCUT2D eigenvalue weighted by molar-refractivity contribution is 5.91. The highest BCUT2D eigenvalue weighted by Crippen LogP contribution is 2.50. The second-order valence-corrected chi connectivity index (χ2v) is 7.84. The quantitative estimate of drug-likeness (QED) is 0.886. The van der Waals surface area contributed by atoms with Crippen molar-refractivity contribution in [3.63, 3.8) is 0 Å². The van der Waals surface area contributed by atoms with Crippen molar-refractivity contribution in [1.82, 2.24) is 9.80 Å². The van der Waals surface area contributed by atoms with Gasteiger partial charge in [-0.05, 0) is 32.8 Å². The molecule has 0 aromatic heterocycles. The topological polar surface area (TPSA) is 75.9 Å². The maximum absolute atomic E-state index is 12.7. The van der Waals surface area contributed by atoms with E-state index in [1.165, 1.54) is 4.90 Å². The van der Waals surface area contributed by atoms with Gasteiger partial charge < -0.3 is 20.3 Å². The van der Waals surface area contributed by atoms with Crippen molar-refractivity contribution in [2.45, 2.75) is 44.2 Å². The first-order valence-electron chi connectivity index (χ1n) is 8.58. The van der Waals surface area contributed by atoms with Crippen LogP contribution in [0.5, 0.6) is 0 Å². The molecule has 2 amide bonds. The van der Waals surface area contributed by atoms with Gasteiger partial charge in [0.2, 0.25) is 5.91 Å². The highest BCUT2D eigenvalue weighted by Gasteiger charge is 2.58. The molecular formula is C19H29N3O3. The molecule has 1 fully saturated rings. The zero-order valence-electron chi connectivity index (χ0n) is 15.8. The van der Waals surface area contributed by atoms with Crippen molar-refractivity contribution in [3.8, 4) is 0 Å². The number of hydrogen-bond acceptors (Lipinski definition) is 4. The molecule has 6 heteroatoms. The minimum Gasteiger partial charge on any atom is -0.444 e. The average Bonchev–Trinajstić information content (AvgIpc) is 3.24. The number of hydrogen-bond donors (Lipinski definition) is 1. The van der Waals surface area contributed by atoms with E-state index in [0.29, 0.717) is 19.5 Å². The summed E-state index contributed by atoms with van der Waals surface area (Å²) in [5, 5.41) is 0. The van der Waals surface area contributed by atoms with E-state index in [2.05, 4.69) is 0 Å². The molecule has 6 nitrogen and oxygen atoms in total. The van der Waals surface area contributed by atoms with E-state index >= 15 is 0 Å². The van der Waals surface area contributed by atoms with E-state index in [9.17, 15) is 9.59 Å². The molecule has 0 bridgehead atoms. The first kappa shape index (κ1) is 19.2. The number of nitrogens with two attached hydrogens (primary N) is 1. The third kappa shape index (κ3) is 4.72. The van der Waals surface area contributed by atoms with Crippen LogP contribution in [0.3, 0.4) is 0 Å². The number of carbonyl (C=O) groups is 2. The lowest BCUT2D eigenvalue weighted by Crippen LogP contribution is -2.47. The summed E-state index contributed by atoms with van der Waals surface area (Å²) in [5.74, 6) is -0.0221. The number of nitrogens with zero attached hydrogens (tertiary/aromatic N) is 2. The largest absolute Gasteiger partial charge is 0.444 e. The minimum atomic E-state index is -0.833. The molecular weight excluding hydrogens is 318 g/mol. The fraction of sp³-hybridized carbons (Fsp3) is 0.579. The normalized spacial score (nSPS) is 22.2. The Labute approximate surface area is 149 Å². The van der Waals surface area contributed by atoms with Crippen LogP contribution >= 0.6 is 0 Å². The van der Waals surface area contributed by atoms with Gasteiger partial charge in [0.05, 0.1) is 0 Å². The maximum atomic E-state index is 12.7. The molecule has 1 unspecified atom stereocenters. The zero-order chi connectivity index (χ0) is 18.8. The molecule has 0 aliphatic heterocycles. The van der Waals surface area contributed by atoms with Crippen molar-refractivity contribution in [2.75, 3.05) is 27.2 Å². The summed E-state index contributed by atoms with van der Waals surface area (Å²) in [4.78, 5) is 27.7. The molecule has 0 saturated heterocycles. The summed E-state index contributed by atoms with van der Waals surface area (Å²) in [6.07, 6.45) is 0.256. The summed E-state index contributed by atoms with van der Waals surface area (Å²) in [7, 11) is 3.38. The van der Waals surface area contributed by atoms with Gasteiger partial charge in [0.1, 0.15) is 11.1 Å². The minimum absolute atomic E-state index is 0.0623. The van der Waals surface area contributed by atoms with E-state index in [-0.39, 0.29) is 11.8 Å². The Balaban J connectivity index is 1.86. The number of benzene rings is 1. The van der Waals surface area contributed by atoms with Gasteiger partial charge in [0.15, 0.2) is 0 Å². The van der Waals surface area contributed by atoms with Gasteiger partial charge in [0.25, 0.3) is 0 Å². The molecule has 1 saturated carbocycles. The monoisotopic (exact) mass is 347 g/mol. The Morgan fingerprint density at radius 1 is 1.16 bits per heavy atom. The second-order valence-electron chi connectivity index (χ2n) is 7.84. The molecule has 2 N–H and O–H groups in total. The lowest BCUT2D eigenvalue weighted by Gasteiger charge is -2.27. The molecule has 1 aliphatic carbocycles. The van der Waals surface area contributed by atoms with Crippen molar-refractivity contribution in [3.05, 3.63) is 35.9 Å². The Morgan fingerprint density at radius 2 is 1.72 bits per heavy atom. The average molecular weight is 347 g/mol. The lowest BCUT2D eigenvalue weighted by molar-refractivity contribution is -0.132. The first-order valence-corrected chi connectivity index (χ1v) is 8.58. The molecule has 1 aliphatic rings. The van der Waals surface area contributed by atoms with Crippen molar-refractivity contribution >= 4 is 12.0 Å². The molecule has 1 aromatic rings. The van der Waals surface area contributed by atoms with Gasteiger partial charge in [-0.25, -0.2) is 4.79 Å². The van der Waals surface area contributed by atoms with Crippen molar-refractivity contribution < 1.29 is 14.3 Å². The number of likely N-dealkylation sites (N-methyl/N-ethyl adjacent to an activating group) is 2. The Kier molecular flexibility index (Phi) is 5.42. The molecule has 0 heterocycles. The molecule has 1 aromatic carbocycles. The van der Waals surface area contributed by atoms with Crippen LogP contribution in [0.2, 0.25) is 0 Å². The van der Waals surface area contributed by atoms with Gasteiger partial charge in [0, 0.05) is 33.1 Å². The van der Waals surface area contributed by atoms with Crippen LogP contribution in [0, 0.1) is 0 Å². The van der Waals surface area contributed by atoms with Crippen LogP contribution in [-0.2, 0) is 9.53 Å². The summed E-state index contributed by atoms with van der Waals surface area (Å²) >= 11 is 0. The van der Waals surface area contributed by atoms with Crippen LogP contribution in [0.15, 0.2) is 30.3 Å². The fourth-order valence-corrected chi connectivity index (χ4v) is 2.80. The molecule has 25 heavy (non-hydrogen) atoms. The third-order valence-corrected chi connectivity index (χ3v) is 4.43. The Hall–Kier alpha value is -2.08. The predicted molar refractivity (Wildman–Crippen MR) is 97.2 cm³/mol. The van der Waals surface area contributed by atoms with E-state index in [4.69, 9.17) is 10.5 Å². The standard InChI is InChI=1S/C19H29N3O3/c1-18(2,3)25-17(24)22(5)12-11-21(4)16(23)19(20)13-15(19)14-9-7-6-8-10-14/h6-10,15H,11-13,20H2,1-5H3/t15-,19?/m1/s1. The lowest BCUT2D eigenvalue weighted by atomic mass is 10.1. The highest BCUT2D eigenvalue weighted by atomic mass is 16.6. The van der Waals surface area contributed by atoms with Crippen LogP contribution in [0.1, 0.15) is 38.7 Å². The Morgan fingerprint density at radius 3 is 2.28 bits per heavy atom. The van der Waals surface area contributed by atoms with E-state index in [1.807, 2.05) is 51.1 Å². The molecule has 0 radical (unpaired) electrons. The zero-order valence-corrected chi connectivity index (χ0v) is 15.8. The summed E-state index contributed by atoms with van der Waals surface area (Å²) in [6, 6.07) is 9.87. The van der Waals surface area contributed by atoms with Gasteiger partial charge in [-0.2, -0.15) is 0 Å². The van der Waals surface area contributed by atoms with Crippen LogP contribution in [0.4, 0.5) is 4.79 Å². The van der Waals surface area contributed by atoms with Gasteiger partial charge >= 0.3 is 6.09 Å². The van der Waals surface area contributed by atoms with Gasteiger partial charge in [-0.3, -0.25) is 4.79 Å². The smallest absolute Gasteiger partial charge is 0.410 e. The third-order valence-electron chi connectivity index (χ3n) is 4.43. The van der Waals surface area contributed by atoms with Gasteiger partial charge in [-0.1, -0.05) is 30.3 Å². The van der Waals surface area contributed by atoms with Crippen molar-refractivity contribution in [2.24, 2.45) is 5.73 Å². The van der Waals surface area contributed by atoms with E-state index < -0.39 is 17.2 Å². The summed E-state index contributed by atoms with van der Waals surface area (Å²) in [6.45, 7) is 6.27. The molecule has 2 atom stereocenters. The predicted octanol–water partition coefficient (Wildman–Crippen LogP) is 2.20. The van der Waals surface area contributed by atoms with Crippen LogP contribution in [-0.4, -0.2) is 60.1 Å². The molecule has 0 spiro atoms. The first-order chi connectivity index (χ1) is 11.5. The van der Waals surface area contributed by atoms with Gasteiger partial charge in [-0.15, -0.1) is 0 Å². The maximum Gasteiger partial charge on any atom is 0.410 e. The summed E-state index contributed by atoms with van der Waals surface area (Å²) in [5.41, 5.74) is 6.05. The molecule has 2 rings (SSSR count). The number of amides is 2. The van der Waals surface area contributed by atoms with Crippen molar-refractivity contribution in [1.29, 1.82) is 0 Å². The number of rotatable bonds is 5. The SMILES string of the molecule is CN(CCN(C)C(=O)C1(N)C[C@@H]1c1ccccc1)C(=O)OC(C)(C)C. The molecule has 138 valence electrons. The van der Waals surface area contributed by atoms with E-state index in [0.717, 1.165) is 5.56 Å². The van der Waals surface area contributed by atoms with E-state index in [1.54, 1.807) is 19.0 Å². The summed E-state index contributed by atoms with van der Waals surface area (Å²) < 4.78 is 5.31. The number of carbonyl (C=O) groups excluding carboxylic acids is 2. The van der Waals surface area contributed by atoms with Crippen LogP contribution in [0.25, 0.3) is 0 Å². The van der Waals surface area contributed by atoms with Crippen LogP contribution < -0.4 is 5.73 Å². The Bertz CT molecular complexity index is 627. The fourth-order valence-electron chi connectivity index (χ4n) is 2.80. The second kappa shape index (κ2) is 7.04.